The predicted molar refractivity (Wildman–Crippen MR) is 418 cm³/mol. The third-order valence-corrected chi connectivity index (χ3v) is 21.6. The number of carbonyl (C=O) groups is 4. The van der Waals surface area contributed by atoms with Gasteiger partial charge in [0.15, 0.2) is 12.2 Å². The minimum Gasteiger partial charge on any atom is -0.462 e. The molecule has 0 aliphatic heterocycles. The lowest BCUT2D eigenvalue weighted by atomic mass is 9.99. The lowest BCUT2D eigenvalue weighted by molar-refractivity contribution is -0.161. The number of phosphoric acid groups is 2. The Kier molecular flexibility index (Phi) is 71.8. The van der Waals surface area contributed by atoms with Crippen LogP contribution >= 0.6 is 15.6 Å². The molecule has 0 spiro atoms. The van der Waals surface area contributed by atoms with Gasteiger partial charge in [0.25, 0.3) is 0 Å². The number of rotatable bonds is 81. The first kappa shape index (κ1) is 100. The summed E-state index contributed by atoms with van der Waals surface area (Å²) in [6, 6.07) is 0. The first-order chi connectivity index (χ1) is 49.3. The second kappa shape index (κ2) is 73.2. The van der Waals surface area contributed by atoms with Crippen LogP contribution in [0.2, 0.25) is 0 Å². The first-order valence-electron chi connectivity index (χ1n) is 42.9. The molecule has 0 amide bonds. The van der Waals surface area contributed by atoms with Gasteiger partial charge in [-0.1, -0.05) is 382 Å². The van der Waals surface area contributed by atoms with E-state index in [0.717, 1.165) is 108 Å². The van der Waals surface area contributed by atoms with Crippen LogP contribution in [0.5, 0.6) is 0 Å². The van der Waals surface area contributed by atoms with Crippen LogP contribution < -0.4 is 0 Å². The van der Waals surface area contributed by atoms with Gasteiger partial charge >= 0.3 is 39.5 Å². The highest BCUT2D eigenvalue weighted by Gasteiger charge is 2.30. The summed E-state index contributed by atoms with van der Waals surface area (Å²) in [6.45, 7) is 12.0. The van der Waals surface area contributed by atoms with Crippen LogP contribution in [-0.2, 0) is 65.4 Å². The monoisotopic (exact) mass is 1490 g/mol. The standard InChI is InChI=1S/C83H162O17P2/c1-8-10-11-12-13-14-15-16-17-18-19-20-21-22-23-26-30-36-45-52-59-66-82(87)99-78(70-93-80(85)64-57-50-43-35-29-27-24-25-28-33-40-47-54-61-74(3)4)72-97-101(89,90)95-68-77(84)69-96-102(91,92)98-73-79(71-94-81(86)65-58-51-44-39-38-42-49-56-63-76(7)9-2)100-83(88)67-60-53-46-37-32-31-34-41-48-55-62-75(5)6/h74-79,84H,8-73H2,1-7H3,(H,89,90)(H,91,92)/t76?,77-,78-,79-/m1/s1. The Morgan fingerprint density at radius 2 is 0.500 bits per heavy atom. The summed E-state index contributed by atoms with van der Waals surface area (Å²) < 4.78 is 68.8. The van der Waals surface area contributed by atoms with Crippen LogP contribution in [0, 0.1) is 17.8 Å². The molecule has 0 rings (SSSR count). The van der Waals surface area contributed by atoms with Crippen LogP contribution in [0.4, 0.5) is 0 Å². The summed E-state index contributed by atoms with van der Waals surface area (Å²) in [6.07, 6.45) is 62.5. The van der Waals surface area contributed by atoms with Crippen LogP contribution in [0.15, 0.2) is 0 Å². The van der Waals surface area contributed by atoms with Gasteiger partial charge in [-0.05, 0) is 43.4 Å². The minimum absolute atomic E-state index is 0.106. The van der Waals surface area contributed by atoms with Crippen molar-refractivity contribution in [3.63, 3.8) is 0 Å². The molecular formula is C83H162O17P2. The average Bonchev–Trinajstić information content (AvgIpc) is 0.916. The molecule has 0 saturated carbocycles. The molecule has 0 radical (unpaired) electrons. The molecule has 19 heteroatoms. The minimum atomic E-state index is -4.96. The summed E-state index contributed by atoms with van der Waals surface area (Å²) in [5.74, 6) is 0.211. The summed E-state index contributed by atoms with van der Waals surface area (Å²) >= 11 is 0. The van der Waals surface area contributed by atoms with Crippen molar-refractivity contribution in [3.05, 3.63) is 0 Å². The molecule has 6 atom stereocenters. The van der Waals surface area contributed by atoms with Gasteiger partial charge in [0.2, 0.25) is 0 Å². The van der Waals surface area contributed by atoms with Crippen molar-refractivity contribution in [2.45, 2.75) is 452 Å². The van der Waals surface area contributed by atoms with Crippen LogP contribution in [0.25, 0.3) is 0 Å². The van der Waals surface area contributed by atoms with Gasteiger partial charge in [0.1, 0.15) is 19.3 Å². The Morgan fingerprint density at radius 3 is 0.745 bits per heavy atom. The van der Waals surface area contributed by atoms with E-state index in [1.54, 1.807) is 0 Å². The Hall–Kier alpha value is -1.94. The summed E-state index contributed by atoms with van der Waals surface area (Å²) in [5, 5.41) is 10.7. The number of hydrogen-bond acceptors (Lipinski definition) is 15. The maximum atomic E-state index is 13.1. The summed E-state index contributed by atoms with van der Waals surface area (Å²) in [7, 11) is -9.92. The molecule has 3 N–H and O–H groups in total. The molecule has 0 fully saturated rings. The number of ether oxygens (including phenoxy) is 4. The maximum Gasteiger partial charge on any atom is 0.472 e. The highest BCUT2D eigenvalue weighted by atomic mass is 31.2. The van der Waals surface area contributed by atoms with E-state index in [9.17, 15) is 43.2 Å². The predicted octanol–water partition coefficient (Wildman–Crippen LogP) is 24.9. The highest BCUT2D eigenvalue weighted by molar-refractivity contribution is 7.47. The maximum absolute atomic E-state index is 13.1. The van der Waals surface area contributed by atoms with Crippen molar-refractivity contribution in [1.82, 2.24) is 0 Å². The zero-order chi connectivity index (χ0) is 75.1. The lowest BCUT2D eigenvalue weighted by Crippen LogP contribution is -2.30. The van der Waals surface area contributed by atoms with E-state index in [-0.39, 0.29) is 25.7 Å². The molecule has 0 heterocycles. The SMILES string of the molecule is CCCCCCCCCCCCCCCCCCCCCCCC(=O)O[C@H](COC(=O)CCCCCCCCCCCCCCCC(C)C)COP(=O)(O)OC[C@@H](O)COP(=O)(O)OC[C@@H](COC(=O)CCCCCCCCCCC(C)CC)OC(=O)CCCCCCCCCCCCC(C)C. The van der Waals surface area contributed by atoms with E-state index < -0.39 is 97.5 Å². The van der Waals surface area contributed by atoms with Gasteiger partial charge in [-0.3, -0.25) is 37.3 Å². The number of carbonyl (C=O) groups excluding carboxylic acids is 4. The normalized spacial score (nSPS) is 14.2. The summed E-state index contributed by atoms with van der Waals surface area (Å²) in [4.78, 5) is 73.1. The first-order valence-corrected chi connectivity index (χ1v) is 45.9. The van der Waals surface area contributed by atoms with E-state index in [1.807, 2.05) is 0 Å². The van der Waals surface area contributed by atoms with E-state index in [4.69, 9.17) is 37.0 Å². The quantitative estimate of drug-likeness (QED) is 0.0222. The molecule has 0 aromatic carbocycles. The van der Waals surface area contributed by atoms with E-state index in [1.165, 1.54) is 244 Å². The fourth-order valence-corrected chi connectivity index (χ4v) is 14.4. The third-order valence-electron chi connectivity index (χ3n) is 19.7. The molecule has 0 aromatic rings. The van der Waals surface area contributed by atoms with Crippen molar-refractivity contribution in [1.29, 1.82) is 0 Å². The smallest absolute Gasteiger partial charge is 0.462 e. The number of unbranched alkanes of at least 4 members (excludes halogenated alkanes) is 48. The summed E-state index contributed by atoms with van der Waals surface area (Å²) in [5.41, 5.74) is 0. The molecular weight excluding hydrogens is 1330 g/mol. The van der Waals surface area contributed by atoms with Crippen molar-refractivity contribution >= 4 is 39.5 Å². The number of esters is 4. The number of aliphatic hydroxyl groups is 1. The van der Waals surface area contributed by atoms with Gasteiger partial charge in [0.05, 0.1) is 26.4 Å². The van der Waals surface area contributed by atoms with Crippen molar-refractivity contribution in [2.75, 3.05) is 39.6 Å². The second-order valence-corrected chi connectivity index (χ2v) is 34.0. The van der Waals surface area contributed by atoms with Crippen molar-refractivity contribution in [2.24, 2.45) is 17.8 Å². The second-order valence-electron chi connectivity index (χ2n) is 31.1. The fourth-order valence-electron chi connectivity index (χ4n) is 12.8. The zero-order valence-electron chi connectivity index (χ0n) is 67.1. The molecule has 3 unspecified atom stereocenters. The van der Waals surface area contributed by atoms with Crippen LogP contribution in [-0.4, -0.2) is 96.7 Å². The van der Waals surface area contributed by atoms with Gasteiger partial charge in [-0.25, -0.2) is 9.13 Å². The Bertz CT molecular complexity index is 1980. The molecule has 0 aliphatic rings. The topological polar surface area (TPSA) is 237 Å². The molecule has 0 aliphatic carbocycles. The average molecular weight is 1490 g/mol. The third kappa shape index (κ3) is 74.9. The van der Waals surface area contributed by atoms with E-state index in [2.05, 4.69) is 48.5 Å². The highest BCUT2D eigenvalue weighted by Crippen LogP contribution is 2.45. The van der Waals surface area contributed by atoms with Crippen molar-refractivity contribution < 1.29 is 80.2 Å². The van der Waals surface area contributed by atoms with E-state index >= 15 is 0 Å². The van der Waals surface area contributed by atoms with Gasteiger partial charge in [0, 0.05) is 25.7 Å². The molecule has 17 nitrogen and oxygen atoms in total. The van der Waals surface area contributed by atoms with Crippen LogP contribution in [0.3, 0.4) is 0 Å². The van der Waals surface area contributed by atoms with Gasteiger partial charge in [-0.2, -0.15) is 0 Å². The lowest BCUT2D eigenvalue weighted by Gasteiger charge is -2.21. The Labute approximate surface area is 626 Å². The van der Waals surface area contributed by atoms with Crippen molar-refractivity contribution in [3.8, 4) is 0 Å². The Morgan fingerprint density at radius 1 is 0.284 bits per heavy atom. The Balaban J connectivity index is 5.24. The van der Waals surface area contributed by atoms with E-state index in [0.29, 0.717) is 25.7 Å². The van der Waals surface area contributed by atoms with Gasteiger partial charge < -0.3 is 33.8 Å². The van der Waals surface area contributed by atoms with Gasteiger partial charge in [-0.15, -0.1) is 0 Å². The number of aliphatic hydroxyl groups excluding tert-OH is 1. The molecule has 0 aromatic heterocycles. The largest absolute Gasteiger partial charge is 0.472 e. The van der Waals surface area contributed by atoms with Crippen LogP contribution in [0.1, 0.15) is 434 Å². The zero-order valence-corrected chi connectivity index (χ0v) is 68.9. The number of hydrogen-bond donors (Lipinski definition) is 3. The molecule has 0 bridgehead atoms. The molecule has 0 saturated heterocycles. The molecule has 606 valence electrons. The number of phosphoric ester groups is 2. The fraction of sp³-hybridized carbons (Fsp3) is 0.952. The molecule has 102 heavy (non-hydrogen) atoms.